The highest BCUT2D eigenvalue weighted by Gasteiger charge is 2.16. The molecule has 0 bridgehead atoms. The van der Waals surface area contributed by atoms with E-state index in [0.717, 1.165) is 11.1 Å². The fraction of sp³-hybridized carbons (Fsp3) is 0.130. The molecule has 0 atom stereocenters. The van der Waals surface area contributed by atoms with E-state index in [-0.39, 0.29) is 4.90 Å². The Bertz CT molecular complexity index is 1270. The maximum absolute atomic E-state index is 12.8. The number of anilines is 1. The van der Waals surface area contributed by atoms with Crippen molar-refractivity contribution in [3.05, 3.63) is 95.1 Å². The predicted octanol–water partition coefficient (Wildman–Crippen LogP) is 4.32. The summed E-state index contributed by atoms with van der Waals surface area (Å²) in [4.78, 5) is 23.7. The minimum Gasteiger partial charge on any atom is -0.497 e. The van der Waals surface area contributed by atoms with Crippen LogP contribution in [0.5, 0.6) is 5.75 Å². The van der Waals surface area contributed by atoms with Crippen molar-refractivity contribution >= 4 is 41.2 Å². The van der Waals surface area contributed by atoms with Crippen LogP contribution in [0.1, 0.15) is 11.1 Å². The number of nitrogens with zero attached hydrogens (tertiary/aromatic N) is 1. The Morgan fingerprint density at radius 1 is 1.00 bits per heavy atom. The van der Waals surface area contributed by atoms with Gasteiger partial charge in [0.25, 0.3) is 10.0 Å². The molecule has 35 heavy (non-hydrogen) atoms. The smallest absolute Gasteiger partial charge is 0.466 e. The molecular weight excluding hydrogens is 515 g/mol. The lowest BCUT2D eigenvalue weighted by molar-refractivity contribution is 0.275. The molecule has 3 aromatic carbocycles. The molecule has 3 aromatic rings. The Labute approximate surface area is 209 Å². The van der Waals surface area contributed by atoms with Gasteiger partial charge in [0.15, 0.2) is 0 Å². The molecule has 0 fully saturated rings. The molecule has 0 spiro atoms. The molecular formula is C23H26ClN2O7PS. The molecule has 12 heteroatoms. The number of nitrogens with one attached hydrogen (secondary N) is 1. The molecule has 4 N–H and O–H groups in total. The Morgan fingerprint density at radius 3 is 2.14 bits per heavy atom. The van der Waals surface area contributed by atoms with Crippen molar-refractivity contribution < 1.29 is 32.4 Å². The lowest BCUT2D eigenvalue weighted by atomic mass is 10.1. The summed E-state index contributed by atoms with van der Waals surface area (Å²) in [6.45, 7) is 0.533. The highest BCUT2D eigenvalue weighted by atomic mass is 35.5. The van der Waals surface area contributed by atoms with Gasteiger partial charge >= 0.3 is 7.82 Å². The summed E-state index contributed by atoms with van der Waals surface area (Å²) in [5, 5.41) is 0.693. The summed E-state index contributed by atoms with van der Waals surface area (Å²) < 4.78 is 42.2. The maximum Gasteiger partial charge on any atom is 0.466 e. The van der Waals surface area contributed by atoms with Crippen LogP contribution in [-0.4, -0.2) is 42.2 Å². The predicted molar refractivity (Wildman–Crippen MR) is 136 cm³/mol. The number of hydrogen-bond acceptors (Lipinski definition) is 5. The summed E-state index contributed by atoms with van der Waals surface area (Å²) in [5.74, 6) is 0.600. The topological polar surface area (TPSA) is 136 Å². The molecule has 188 valence electrons. The molecule has 0 heterocycles. The van der Waals surface area contributed by atoms with Gasteiger partial charge in [-0.3, -0.25) is 4.72 Å². The molecule has 0 aliphatic carbocycles. The van der Waals surface area contributed by atoms with E-state index >= 15 is 0 Å². The molecule has 0 radical (unpaired) electrons. The maximum atomic E-state index is 12.8. The lowest BCUT2D eigenvalue weighted by Gasteiger charge is -2.18. The van der Waals surface area contributed by atoms with Gasteiger partial charge in [-0.2, -0.15) is 0 Å². The van der Waals surface area contributed by atoms with Crippen LogP contribution in [0.25, 0.3) is 6.08 Å². The van der Waals surface area contributed by atoms with E-state index in [2.05, 4.69) is 4.72 Å². The number of sulfonamides is 1. The van der Waals surface area contributed by atoms with Crippen molar-refractivity contribution in [2.75, 3.05) is 18.9 Å². The number of methoxy groups -OCH3 is 1. The van der Waals surface area contributed by atoms with Gasteiger partial charge in [-0.25, -0.2) is 13.0 Å². The SMILES string of the molecule is COc1ccc(S(=O)(=O)Nc2ccccc2CN(C)/C=C/c2ccc(Cl)cc2)cc1.O=P(O)(O)O. The lowest BCUT2D eigenvalue weighted by Crippen LogP contribution is -2.16. The Kier molecular flexibility index (Phi) is 10.3. The zero-order valence-electron chi connectivity index (χ0n) is 18.9. The van der Waals surface area contributed by atoms with Crippen molar-refractivity contribution in [3.63, 3.8) is 0 Å². The van der Waals surface area contributed by atoms with Gasteiger partial charge in [0.1, 0.15) is 5.75 Å². The number of benzene rings is 3. The highest BCUT2D eigenvalue weighted by molar-refractivity contribution is 7.92. The standard InChI is InChI=1S/C23H23ClN2O3S.H3O4P/c1-26(16-15-18-7-9-20(24)10-8-18)17-19-5-3-4-6-23(19)25-30(27,28)22-13-11-21(29-2)12-14-22;1-5(2,3)4/h3-16,25H,17H2,1-2H3;(H3,1,2,3,4)/b16-15+;. The van der Waals surface area contributed by atoms with Crippen molar-refractivity contribution in [1.82, 2.24) is 4.90 Å². The molecule has 0 amide bonds. The van der Waals surface area contributed by atoms with E-state index in [1.54, 1.807) is 24.3 Å². The third kappa shape index (κ3) is 10.5. The van der Waals surface area contributed by atoms with E-state index in [1.165, 1.54) is 19.2 Å². The molecule has 0 saturated carbocycles. The molecule has 0 aromatic heterocycles. The van der Waals surface area contributed by atoms with Crippen LogP contribution in [0.4, 0.5) is 5.69 Å². The summed E-state index contributed by atoms with van der Waals surface area (Å²) >= 11 is 5.91. The van der Waals surface area contributed by atoms with Gasteiger partial charge in [0.05, 0.1) is 17.7 Å². The fourth-order valence-corrected chi connectivity index (χ4v) is 4.05. The summed E-state index contributed by atoms with van der Waals surface area (Å²) in [6, 6.07) is 21.2. The number of phosphoric acid groups is 1. The van der Waals surface area contributed by atoms with E-state index in [9.17, 15) is 8.42 Å². The van der Waals surface area contributed by atoms with Crippen molar-refractivity contribution in [3.8, 4) is 5.75 Å². The quantitative estimate of drug-likeness (QED) is 0.310. The van der Waals surface area contributed by atoms with E-state index in [1.807, 2.05) is 60.6 Å². The largest absolute Gasteiger partial charge is 0.497 e. The zero-order chi connectivity index (χ0) is 26.1. The van der Waals surface area contributed by atoms with E-state index in [4.69, 9.17) is 35.6 Å². The van der Waals surface area contributed by atoms with Crippen LogP contribution in [0.3, 0.4) is 0 Å². The van der Waals surface area contributed by atoms with Crippen molar-refractivity contribution in [2.24, 2.45) is 0 Å². The van der Waals surface area contributed by atoms with E-state index < -0.39 is 17.8 Å². The monoisotopic (exact) mass is 540 g/mol. The number of para-hydroxylation sites is 1. The second-order valence-corrected chi connectivity index (χ2v) is 10.4. The fourth-order valence-electron chi connectivity index (χ4n) is 2.82. The number of halogens is 1. The first-order valence-electron chi connectivity index (χ1n) is 10.0. The van der Waals surface area contributed by atoms with Crippen LogP contribution in [0, 0.1) is 0 Å². The zero-order valence-corrected chi connectivity index (χ0v) is 21.4. The van der Waals surface area contributed by atoms with Gasteiger partial charge in [0, 0.05) is 18.6 Å². The number of hydrogen-bond donors (Lipinski definition) is 4. The van der Waals surface area contributed by atoms with Crippen LogP contribution in [0.2, 0.25) is 5.02 Å². The van der Waals surface area contributed by atoms with Crippen LogP contribution >= 0.6 is 19.4 Å². The number of rotatable bonds is 8. The average Bonchev–Trinajstić information content (AvgIpc) is 2.79. The molecule has 3 rings (SSSR count). The third-order valence-corrected chi connectivity index (χ3v) is 6.08. The van der Waals surface area contributed by atoms with Gasteiger partial charge in [-0.15, -0.1) is 0 Å². The summed E-state index contributed by atoms with van der Waals surface area (Å²) in [7, 11) is -4.88. The first kappa shape index (κ1) is 28.4. The van der Waals surface area contributed by atoms with Gasteiger partial charge in [-0.1, -0.05) is 41.9 Å². The molecule has 0 saturated heterocycles. The van der Waals surface area contributed by atoms with Gasteiger partial charge in [-0.05, 0) is 65.9 Å². The van der Waals surface area contributed by atoms with Crippen LogP contribution < -0.4 is 9.46 Å². The van der Waals surface area contributed by atoms with Crippen molar-refractivity contribution in [2.45, 2.75) is 11.4 Å². The number of ether oxygens (including phenoxy) is 1. The molecule has 0 aliphatic heterocycles. The second kappa shape index (κ2) is 12.7. The summed E-state index contributed by atoms with van der Waals surface area (Å²) in [6.07, 6.45) is 3.92. The minimum atomic E-state index is -4.64. The Hall–Kier alpha value is -2.85. The third-order valence-electron chi connectivity index (χ3n) is 4.44. The second-order valence-electron chi connectivity index (χ2n) is 7.23. The van der Waals surface area contributed by atoms with Crippen LogP contribution in [0.15, 0.2) is 83.9 Å². The van der Waals surface area contributed by atoms with Crippen molar-refractivity contribution in [1.29, 1.82) is 0 Å². The van der Waals surface area contributed by atoms with Gasteiger partial charge < -0.3 is 24.3 Å². The van der Waals surface area contributed by atoms with Gasteiger partial charge in [0.2, 0.25) is 0 Å². The molecule has 0 unspecified atom stereocenters. The summed E-state index contributed by atoms with van der Waals surface area (Å²) in [5.41, 5.74) is 2.43. The normalized spacial score (nSPS) is 11.5. The highest BCUT2D eigenvalue weighted by Crippen LogP contribution is 2.26. The van der Waals surface area contributed by atoms with E-state index in [0.29, 0.717) is 23.0 Å². The Balaban J connectivity index is 0.000000784. The minimum absolute atomic E-state index is 0.175. The van der Waals surface area contributed by atoms with Crippen LogP contribution in [-0.2, 0) is 21.1 Å². The first-order chi connectivity index (χ1) is 16.4. The first-order valence-corrected chi connectivity index (χ1v) is 13.5. The molecule has 0 aliphatic rings. The Morgan fingerprint density at radius 2 is 1.57 bits per heavy atom. The molecule has 9 nitrogen and oxygen atoms in total. The average molecular weight is 541 g/mol.